The van der Waals surface area contributed by atoms with Crippen LogP contribution in [0.2, 0.25) is 0 Å². The van der Waals surface area contributed by atoms with Crippen LogP contribution in [0.4, 0.5) is 0 Å². The van der Waals surface area contributed by atoms with Crippen molar-refractivity contribution in [3.05, 3.63) is 47.5 Å². The van der Waals surface area contributed by atoms with Gasteiger partial charge in [-0.1, -0.05) is 50.3 Å². The lowest BCUT2D eigenvalue weighted by atomic mass is 9.73. The summed E-state index contributed by atoms with van der Waals surface area (Å²) in [4.78, 5) is 7.48. The maximum absolute atomic E-state index is 6.04. The molecule has 0 amide bonds. The van der Waals surface area contributed by atoms with E-state index < -0.39 is 0 Å². The summed E-state index contributed by atoms with van der Waals surface area (Å²) in [6, 6.07) is 9.17. The zero-order valence-corrected chi connectivity index (χ0v) is 16.4. The Morgan fingerprint density at radius 2 is 1.80 bits per heavy atom. The number of aliphatic imine (C=N–C) groups is 1. The Morgan fingerprint density at radius 3 is 2.40 bits per heavy atom. The largest absolute Gasteiger partial charge is 0.478 e. The highest BCUT2D eigenvalue weighted by Crippen LogP contribution is 2.42. The van der Waals surface area contributed by atoms with Gasteiger partial charge >= 0.3 is 0 Å². The summed E-state index contributed by atoms with van der Waals surface area (Å²) in [5, 5.41) is 0. The first-order valence-corrected chi connectivity index (χ1v) is 9.67. The van der Waals surface area contributed by atoms with E-state index in [2.05, 4.69) is 75.9 Å². The van der Waals surface area contributed by atoms with Crippen LogP contribution in [-0.2, 0) is 10.2 Å². The van der Waals surface area contributed by atoms with E-state index in [-0.39, 0.29) is 11.0 Å². The van der Waals surface area contributed by atoms with Gasteiger partial charge in [0.05, 0.1) is 17.0 Å². The van der Waals surface area contributed by atoms with E-state index in [0.29, 0.717) is 12.6 Å². The molecule has 3 rings (SSSR count). The zero-order valence-electron chi connectivity index (χ0n) is 16.4. The Bertz CT molecular complexity index is 670. The molecule has 3 nitrogen and oxygen atoms in total. The molecule has 1 aromatic carbocycles. The van der Waals surface area contributed by atoms with Gasteiger partial charge in [-0.3, -0.25) is 4.90 Å². The smallest absolute Gasteiger partial charge is 0.198 e. The number of benzene rings is 1. The number of fused-ring (bicyclic) bond motifs is 1. The highest BCUT2D eigenvalue weighted by molar-refractivity contribution is 5.92. The molecule has 0 saturated carbocycles. The molecule has 0 N–H and O–H groups in total. The first-order valence-electron chi connectivity index (χ1n) is 9.67. The van der Waals surface area contributed by atoms with Crippen molar-refractivity contribution in [2.75, 3.05) is 19.7 Å². The lowest BCUT2D eigenvalue weighted by Gasteiger charge is -2.39. The second-order valence-electron chi connectivity index (χ2n) is 8.15. The highest BCUT2D eigenvalue weighted by Gasteiger charge is 2.42. The van der Waals surface area contributed by atoms with Crippen molar-refractivity contribution in [3.63, 3.8) is 0 Å². The SMILES string of the molecule is CCCN(CCC)[C@@H]1C=C[C@](C)(C2=NC(C)(C)CO2)c2ccccc21. The molecule has 25 heavy (non-hydrogen) atoms. The van der Waals surface area contributed by atoms with Gasteiger partial charge < -0.3 is 4.74 Å². The van der Waals surface area contributed by atoms with Crippen molar-refractivity contribution in [2.24, 2.45) is 4.99 Å². The standard InChI is InChI=1S/C22H32N2O/c1-6-14-24(15-7-2)19-12-13-22(5,18-11-9-8-10-17(18)19)20-23-21(3,4)16-25-20/h8-13,19H,6-7,14-16H2,1-5H3/t19-,22+/m1/s1. The lowest BCUT2D eigenvalue weighted by Crippen LogP contribution is -2.38. The van der Waals surface area contributed by atoms with E-state index in [1.54, 1.807) is 0 Å². The zero-order chi connectivity index (χ0) is 18.1. The molecule has 1 aliphatic heterocycles. The van der Waals surface area contributed by atoms with Crippen LogP contribution < -0.4 is 0 Å². The summed E-state index contributed by atoms with van der Waals surface area (Å²) in [6.07, 6.45) is 7.03. The fraction of sp³-hybridized carbons (Fsp3) is 0.591. The van der Waals surface area contributed by atoms with Gasteiger partial charge in [0.2, 0.25) is 0 Å². The van der Waals surface area contributed by atoms with Gasteiger partial charge in [0.15, 0.2) is 5.90 Å². The molecule has 0 radical (unpaired) electrons. The molecule has 1 aromatic rings. The lowest BCUT2D eigenvalue weighted by molar-refractivity contribution is 0.225. The Morgan fingerprint density at radius 1 is 1.12 bits per heavy atom. The number of hydrogen-bond donors (Lipinski definition) is 0. The summed E-state index contributed by atoms with van der Waals surface area (Å²) < 4.78 is 6.04. The van der Waals surface area contributed by atoms with Crippen LogP contribution in [0, 0.1) is 0 Å². The van der Waals surface area contributed by atoms with Crippen LogP contribution in [0.5, 0.6) is 0 Å². The van der Waals surface area contributed by atoms with Crippen molar-refractivity contribution in [1.29, 1.82) is 0 Å². The molecule has 136 valence electrons. The molecule has 0 saturated heterocycles. The Hall–Kier alpha value is -1.61. The third-order valence-electron chi connectivity index (χ3n) is 5.28. The van der Waals surface area contributed by atoms with Crippen LogP contribution in [0.3, 0.4) is 0 Å². The van der Waals surface area contributed by atoms with E-state index in [0.717, 1.165) is 19.0 Å². The minimum absolute atomic E-state index is 0.131. The Kier molecular flexibility index (Phi) is 5.06. The summed E-state index contributed by atoms with van der Waals surface area (Å²) in [7, 11) is 0. The van der Waals surface area contributed by atoms with Gasteiger partial charge in [-0.05, 0) is 57.8 Å². The third kappa shape index (κ3) is 3.39. The molecule has 2 aliphatic rings. The van der Waals surface area contributed by atoms with Gasteiger partial charge in [-0.2, -0.15) is 0 Å². The van der Waals surface area contributed by atoms with Crippen LogP contribution >= 0.6 is 0 Å². The van der Waals surface area contributed by atoms with Crippen molar-refractivity contribution < 1.29 is 4.74 Å². The van der Waals surface area contributed by atoms with Crippen molar-refractivity contribution in [1.82, 2.24) is 4.90 Å². The molecule has 1 aliphatic carbocycles. The number of nitrogens with zero attached hydrogens (tertiary/aromatic N) is 2. The molecule has 0 aromatic heterocycles. The van der Waals surface area contributed by atoms with Crippen LogP contribution in [0.25, 0.3) is 0 Å². The van der Waals surface area contributed by atoms with Gasteiger partial charge in [0, 0.05) is 0 Å². The number of rotatable bonds is 6. The fourth-order valence-electron chi connectivity index (χ4n) is 4.02. The van der Waals surface area contributed by atoms with Crippen LogP contribution in [0.15, 0.2) is 41.4 Å². The van der Waals surface area contributed by atoms with E-state index >= 15 is 0 Å². The van der Waals surface area contributed by atoms with Gasteiger partial charge in [-0.25, -0.2) is 4.99 Å². The second-order valence-corrected chi connectivity index (χ2v) is 8.15. The van der Waals surface area contributed by atoms with Crippen molar-refractivity contribution >= 4 is 5.90 Å². The summed E-state index contributed by atoms with van der Waals surface area (Å²) >= 11 is 0. The van der Waals surface area contributed by atoms with E-state index in [1.165, 1.54) is 24.0 Å². The summed E-state index contributed by atoms with van der Waals surface area (Å²) in [5.41, 5.74) is 2.32. The normalized spacial score (nSPS) is 27.1. The van der Waals surface area contributed by atoms with Gasteiger partial charge in [0.25, 0.3) is 0 Å². The molecule has 0 bridgehead atoms. The minimum atomic E-state index is -0.273. The van der Waals surface area contributed by atoms with Gasteiger partial charge in [-0.15, -0.1) is 0 Å². The molecular weight excluding hydrogens is 308 g/mol. The summed E-state index contributed by atoms with van der Waals surface area (Å²) in [5.74, 6) is 0.859. The highest BCUT2D eigenvalue weighted by atomic mass is 16.5. The fourth-order valence-corrected chi connectivity index (χ4v) is 4.02. The Balaban J connectivity index is 2.03. The molecule has 1 heterocycles. The maximum atomic E-state index is 6.04. The average Bonchev–Trinajstić information content (AvgIpc) is 2.96. The first kappa shape index (κ1) is 18.2. The quantitative estimate of drug-likeness (QED) is 0.689. The molecule has 0 spiro atoms. The summed E-state index contributed by atoms with van der Waals surface area (Å²) in [6.45, 7) is 13.9. The monoisotopic (exact) mass is 340 g/mol. The van der Waals surface area contributed by atoms with Crippen LogP contribution in [-0.4, -0.2) is 36.0 Å². The second kappa shape index (κ2) is 6.95. The average molecular weight is 341 g/mol. The third-order valence-corrected chi connectivity index (χ3v) is 5.28. The van der Waals surface area contributed by atoms with E-state index in [9.17, 15) is 0 Å². The van der Waals surface area contributed by atoms with Gasteiger partial charge in [0.1, 0.15) is 6.61 Å². The number of ether oxygens (including phenoxy) is 1. The van der Waals surface area contributed by atoms with E-state index in [1.807, 2.05) is 0 Å². The first-order chi connectivity index (χ1) is 11.9. The molecule has 3 heteroatoms. The predicted octanol–water partition coefficient (Wildman–Crippen LogP) is 4.88. The predicted molar refractivity (Wildman–Crippen MR) is 105 cm³/mol. The molecule has 2 atom stereocenters. The maximum Gasteiger partial charge on any atom is 0.198 e. The number of hydrogen-bond acceptors (Lipinski definition) is 3. The molecular formula is C22H32N2O. The van der Waals surface area contributed by atoms with Crippen LogP contribution in [0.1, 0.15) is 64.6 Å². The molecule has 0 fully saturated rings. The van der Waals surface area contributed by atoms with Crippen molar-refractivity contribution in [2.45, 2.75) is 64.5 Å². The Labute approximate surface area is 152 Å². The molecule has 0 unspecified atom stereocenters. The van der Waals surface area contributed by atoms with E-state index in [4.69, 9.17) is 9.73 Å². The van der Waals surface area contributed by atoms with Crippen molar-refractivity contribution in [3.8, 4) is 0 Å². The topological polar surface area (TPSA) is 24.8 Å². The minimum Gasteiger partial charge on any atom is -0.478 e.